The first-order valence-corrected chi connectivity index (χ1v) is 11.3. The highest BCUT2D eigenvalue weighted by Gasteiger charge is 2.75. The molecule has 1 aromatic rings. The van der Waals surface area contributed by atoms with Gasteiger partial charge in [-0.3, -0.25) is 0 Å². The van der Waals surface area contributed by atoms with E-state index in [-0.39, 0.29) is 28.0 Å². The molecule has 5 atom stereocenters. The van der Waals surface area contributed by atoms with Crippen LogP contribution in [-0.4, -0.2) is 47.2 Å². The van der Waals surface area contributed by atoms with Gasteiger partial charge in [0, 0.05) is 30.9 Å². The molecule has 1 spiro atoms. The van der Waals surface area contributed by atoms with Gasteiger partial charge in [0.2, 0.25) is 0 Å². The number of quaternary nitrogens is 1. The summed E-state index contributed by atoms with van der Waals surface area (Å²) in [4.78, 5) is 0. The Morgan fingerprint density at radius 1 is 1.29 bits per heavy atom. The maximum absolute atomic E-state index is 14.3. The molecule has 2 saturated carbocycles. The molecule has 152 valence electrons. The van der Waals surface area contributed by atoms with Crippen molar-refractivity contribution in [1.82, 2.24) is 0 Å². The van der Waals surface area contributed by atoms with Crippen molar-refractivity contribution in [2.24, 2.45) is 5.92 Å². The van der Waals surface area contributed by atoms with Crippen LogP contribution in [0.15, 0.2) is 12.1 Å². The number of piperidine rings is 1. The Morgan fingerprint density at radius 2 is 2.14 bits per heavy atom. The van der Waals surface area contributed by atoms with E-state index in [0.717, 1.165) is 45.1 Å². The number of nitrogens with zero attached hydrogens (tertiary/aromatic N) is 1. The first-order chi connectivity index (χ1) is 13.5. The van der Waals surface area contributed by atoms with Crippen molar-refractivity contribution in [2.75, 3.05) is 19.7 Å². The van der Waals surface area contributed by atoms with Gasteiger partial charge >= 0.3 is 0 Å². The fraction of sp³-hybridized carbons (Fsp3) is 0.739. The lowest BCUT2D eigenvalue weighted by molar-refractivity contribution is -0.924. The van der Waals surface area contributed by atoms with Gasteiger partial charge in [-0.2, -0.15) is 0 Å². The molecule has 6 rings (SSSR count). The molecule has 2 heterocycles. The van der Waals surface area contributed by atoms with Gasteiger partial charge < -0.3 is 24.4 Å². The second-order valence-corrected chi connectivity index (χ2v) is 9.93. The minimum absolute atomic E-state index is 0.0256. The molecule has 2 bridgehead atoms. The van der Waals surface area contributed by atoms with E-state index in [9.17, 15) is 10.3 Å². The van der Waals surface area contributed by atoms with Gasteiger partial charge in [0.05, 0.1) is 18.5 Å². The molecule has 1 aromatic carbocycles. The van der Waals surface area contributed by atoms with Crippen molar-refractivity contribution in [3.63, 3.8) is 0 Å². The van der Waals surface area contributed by atoms with Gasteiger partial charge in [-0.15, -0.1) is 0 Å². The summed E-state index contributed by atoms with van der Waals surface area (Å²) in [6.07, 6.45) is 7.93. The average molecular weight is 386 g/mol. The Kier molecular flexibility index (Phi) is 3.54. The van der Waals surface area contributed by atoms with Crippen LogP contribution in [0.3, 0.4) is 0 Å². The molecular weight excluding hydrogens is 354 g/mol. The Bertz CT molecular complexity index is 823. The molecule has 5 nitrogen and oxygen atoms in total. The van der Waals surface area contributed by atoms with E-state index >= 15 is 0 Å². The van der Waals surface area contributed by atoms with E-state index in [4.69, 9.17) is 9.47 Å². The molecule has 5 heteroatoms. The van der Waals surface area contributed by atoms with Crippen LogP contribution < -0.4 is 4.74 Å². The van der Waals surface area contributed by atoms with Crippen molar-refractivity contribution in [3.8, 4) is 11.5 Å². The zero-order valence-electron chi connectivity index (χ0n) is 16.8. The third kappa shape index (κ3) is 1.98. The first-order valence-electron chi connectivity index (χ1n) is 11.3. The smallest absolute Gasteiger partial charge is 0.165 e. The highest BCUT2D eigenvalue weighted by molar-refractivity contribution is 5.62. The lowest BCUT2D eigenvalue weighted by Gasteiger charge is -2.68. The van der Waals surface area contributed by atoms with Crippen molar-refractivity contribution in [2.45, 2.75) is 81.5 Å². The van der Waals surface area contributed by atoms with Crippen LogP contribution in [0.1, 0.15) is 63.0 Å². The van der Waals surface area contributed by atoms with Gasteiger partial charge in [-0.25, -0.2) is 0 Å². The molecule has 2 unspecified atom stereocenters. The predicted octanol–water partition coefficient (Wildman–Crippen LogP) is 3.79. The van der Waals surface area contributed by atoms with Gasteiger partial charge in [-0.1, -0.05) is 13.0 Å². The van der Waals surface area contributed by atoms with Gasteiger partial charge in [0.25, 0.3) is 0 Å². The maximum atomic E-state index is 14.3. The van der Waals surface area contributed by atoms with Crippen LogP contribution in [-0.2, 0) is 16.6 Å². The summed E-state index contributed by atoms with van der Waals surface area (Å²) in [5.41, 5.74) is 1.68. The van der Waals surface area contributed by atoms with Crippen LogP contribution in [0.25, 0.3) is 0 Å². The number of benzene rings is 1. The molecule has 0 aromatic heterocycles. The standard InChI is InChI=1S/C23H31NO4/c1-2-12-27-23-9-3-4-19-22(23)10-11-24(26,14-15-5-6-15)18(23)13-16-7-8-17(25)21(28-19)20(16)22/h7-8,15,18-19,25H,2-6,9-14H2,1H3/t18-,19+,22?,23-,24?/m1/s1. The minimum atomic E-state index is -0.452. The molecule has 2 aliphatic heterocycles. The Labute approximate surface area is 166 Å². The van der Waals surface area contributed by atoms with Crippen LogP contribution in [0.5, 0.6) is 11.5 Å². The van der Waals surface area contributed by atoms with Gasteiger partial charge in [0.1, 0.15) is 17.7 Å². The van der Waals surface area contributed by atoms with E-state index in [1.165, 1.54) is 24.0 Å². The fourth-order valence-electron chi connectivity index (χ4n) is 7.30. The van der Waals surface area contributed by atoms with Crippen molar-refractivity contribution < 1.29 is 19.2 Å². The van der Waals surface area contributed by atoms with E-state index < -0.39 is 5.60 Å². The summed E-state index contributed by atoms with van der Waals surface area (Å²) in [5, 5.41) is 24.9. The van der Waals surface area contributed by atoms with Crippen molar-refractivity contribution >= 4 is 0 Å². The molecular formula is C23H31NO4. The number of phenols is 1. The summed E-state index contributed by atoms with van der Waals surface area (Å²) in [6.45, 7) is 4.25. The zero-order valence-corrected chi connectivity index (χ0v) is 16.8. The van der Waals surface area contributed by atoms with Crippen molar-refractivity contribution in [1.29, 1.82) is 0 Å². The third-order valence-corrected chi connectivity index (χ3v) is 8.48. The topological polar surface area (TPSA) is 61.8 Å². The molecule has 0 amide bonds. The normalized spacial score (nSPS) is 42.8. The summed E-state index contributed by atoms with van der Waals surface area (Å²) in [6, 6.07) is 3.75. The second kappa shape index (κ2) is 5.65. The molecule has 1 N–H and O–H groups in total. The molecule has 3 fully saturated rings. The molecule has 0 radical (unpaired) electrons. The highest BCUT2D eigenvalue weighted by Crippen LogP contribution is 2.67. The van der Waals surface area contributed by atoms with Crippen molar-refractivity contribution in [3.05, 3.63) is 28.5 Å². The summed E-state index contributed by atoms with van der Waals surface area (Å²) in [7, 11) is 0. The number of hydrogen-bond donors (Lipinski definition) is 1. The number of hydrogen-bond acceptors (Lipinski definition) is 4. The van der Waals surface area contributed by atoms with E-state index in [0.29, 0.717) is 24.8 Å². The number of likely N-dealkylation sites (tertiary alicyclic amines) is 1. The lowest BCUT2D eigenvalue weighted by Crippen LogP contribution is -2.80. The lowest BCUT2D eigenvalue weighted by atomic mass is 9.49. The van der Waals surface area contributed by atoms with E-state index in [2.05, 4.69) is 6.92 Å². The average Bonchev–Trinajstić information content (AvgIpc) is 3.42. The van der Waals surface area contributed by atoms with Gasteiger partial charge in [-0.05, 0) is 50.2 Å². The Balaban J connectivity index is 1.57. The summed E-state index contributed by atoms with van der Waals surface area (Å²) < 4.78 is 13.2. The summed E-state index contributed by atoms with van der Waals surface area (Å²) in [5.74, 6) is 1.53. The SMILES string of the molecule is CCCO[C@@]12CCC[C@@H]3Oc4c(O)ccc5c4C31CC[N+]([O-])(CC1CC1)[C@@H]2C5. The van der Waals surface area contributed by atoms with Crippen LogP contribution in [0.2, 0.25) is 0 Å². The zero-order chi connectivity index (χ0) is 19.1. The Hall–Kier alpha value is -1.30. The monoisotopic (exact) mass is 385 g/mol. The number of phenolic OH excluding ortho intramolecular Hbond substituents is 1. The quantitative estimate of drug-likeness (QED) is 0.619. The van der Waals surface area contributed by atoms with E-state index in [1.807, 2.05) is 6.07 Å². The first kappa shape index (κ1) is 17.5. The minimum Gasteiger partial charge on any atom is -0.632 e. The van der Waals surface area contributed by atoms with Crippen LogP contribution >= 0.6 is 0 Å². The number of hydroxylamine groups is 3. The molecule has 1 saturated heterocycles. The highest BCUT2D eigenvalue weighted by atomic mass is 16.6. The number of rotatable bonds is 5. The maximum Gasteiger partial charge on any atom is 0.165 e. The molecule has 3 aliphatic carbocycles. The predicted molar refractivity (Wildman–Crippen MR) is 105 cm³/mol. The molecule has 28 heavy (non-hydrogen) atoms. The number of aromatic hydroxyl groups is 1. The van der Waals surface area contributed by atoms with E-state index in [1.54, 1.807) is 6.07 Å². The van der Waals surface area contributed by atoms with Crippen LogP contribution in [0.4, 0.5) is 0 Å². The van der Waals surface area contributed by atoms with Crippen LogP contribution in [0, 0.1) is 11.1 Å². The summed E-state index contributed by atoms with van der Waals surface area (Å²) >= 11 is 0. The third-order valence-electron chi connectivity index (χ3n) is 8.48. The largest absolute Gasteiger partial charge is 0.632 e. The fourth-order valence-corrected chi connectivity index (χ4v) is 7.30. The molecule has 5 aliphatic rings. The Morgan fingerprint density at radius 3 is 2.93 bits per heavy atom. The van der Waals surface area contributed by atoms with Gasteiger partial charge in [0.15, 0.2) is 11.5 Å². The number of ether oxygens (including phenoxy) is 2. The second-order valence-electron chi connectivity index (χ2n) is 9.93.